The fraction of sp³-hybridized carbons (Fsp3) is 0.714. The van der Waals surface area contributed by atoms with E-state index in [1.165, 1.54) is 4.90 Å². The Hall–Kier alpha value is -0.230. The van der Waals surface area contributed by atoms with Crippen LogP contribution in [0.5, 0.6) is 0 Å². The molecule has 4 nitrogen and oxygen atoms in total. The molecule has 1 N–H and O–H groups in total. The molecule has 0 aliphatic carbocycles. The van der Waals surface area contributed by atoms with Crippen LogP contribution in [0.25, 0.3) is 0 Å². The molecular weight excluding hydrogens is 258 g/mol. The monoisotopic (exact) mass is 267 g/mol. The molecule has 0 saturated carbocycles. The summed E-state index contributed by atoms with van der Waals surface area (Å²) in [5, 5.41) is 8.78. The van der Waals surface area contributed by atoms with Crippen LogP contribution in [-0.4, -0.2) is 45.0 Å². The first-order valence-corrected chi connectivity index (χ1v) is 5.38. The van der Waals surface area contributed by atoms with E-state index in [0.717, 1.165) is 0 Å². The lowest BCUT2D eigenvalue weighted by atomic mass is 10.3. The summed E-state index contributed by atoms with van der Waals surface area (Å²) < 4.78 is 0. The zero-order valence-corrected chi connectivity index (χ0v) is 9.29. The minimum Gasteiger partial charge on any atom is -0.480 e. The van der Waals surface area contributed by atoms with Gasteiger partial charge in [-0.05, 0) is 0 Å². The Labute approximate surface area is 89.8 Å². The summed E-state index contributed by atoms with van der Waals surface area (Å²) >= 11 is 7.20. The zero-order chi connectivity index (χ0) is 10.0. The highest BCUT2D eigenvalue weighted by Gasteiger charge is 2.35. The highest BCUT2D eigenvalue weighted by atomic mass is 79.9. The van der Waals surface area contributed by atoms with E-state index < -0.39 is 12.0 Å². The van der Waals surface area contributed by atoms with Crippen LogP contribution in [0.3, 0.4) is 0 Å². The number of carbonyl (C=O) groups is 2. The highest BCUT2D eigenvalue weighted by molar-refractivity contribution is 9.09. The summed E-state index contributed by atoms with van der Waals surface area (Å²) in [5.41, 5.74) is 0. The summed E-state index contributed by atoms with van der Waals surface area (Å²) in [4.78, 5) is 23.4. The SMILES string of the molecule is O=C(O)C(CS)N1CC(Br)CC1=O. The molecule has 1 aliphatic heterocycles. The molecule has 0 aromatic carbocycles. The van der Waals surface area contributed by atoms with Crippen LogP contribution >= 0.6 is 28.6 Å². The van der Waals surface area contributed by atoms with Crippen molar-refractivity contribution in [2.75, 3.05) is 12.3 Å². The van der Waals surface area contributed by atoms with Crippen molar-refractivity contribution >= 4 is 40.4 Å². The van der Waals surface area contributed by atoms with Gasteiger partial charge >= 0.3 is 5.97 Å². The summed E-state index contributed by atoms with van der Waals surface area (Å²) in [7, 11) is 0. The largest absolute Gasteiger partial charge is 0.480 e. The predicted molar refractivity (Wildman–Crippen MR) is 54.3 cm³/mol. The first-order chi connectivity index (χ1) is 6.06. The van der Waals surface area contributed by atoms with Crippen molar-refractivity contribution in [3.05, 3.63) is 0 Å². The number of hydrogen-bond acceptors (Lipinski definition) is 3. The van der Waals surface area contributed by atoms with Crippen molar-refractivity contribution in [2.45, 2.75) is 17.3 Å². The van der Waals surface area contributed by atoms with Gasteiger partial charge in [-0.15, -0.1) is 0 Å². The van der Waals surface area contributed by atoms with Crippen molar-refractivity contribution in [3.8, 4) is 0 Å². The number of hydrogen-bond donors (Lipinski definition) is 2. The molecule has 2 atom stereocenters. The molecule has 1 saturated heterocycles. The Morgan fingerprint density at radius 1 is 1.85 bits per heavy atom. The first-order valence-electron chi connectivity index (χ1n) is 3.83. The summed E-state index contributed by atoms with van der Waals surface area (Å²) in [6, 6.07) is -0.793. The minimum absolute atomic E-state index is 0.0710. The van der Waals surface area contributed by atoms with Crippen LogP contribution in [-0.2, 0) is 9.59 Å². The molecule has 13 heavy (non-hydrogen) atoms. The molecule has 0 aromatic rings. The Bertz CT molecular complexity index is 236. The quantitative estimate of drug-likeness (QED) is 0.574. The Morgan fingerprint density at radius 2 is 2.46 bits per heavy atom. The number of rotatable bonds is 3. The Kier molecular flexibility index (Phi) is 3.61. The van der Waals surface area contributed by atoms with Crippen LogP contribution in [0.15, 0.2) is 0 Å². The van der Waals surface area contributed by atoms with E-state index in [4.69, 9.17) is 5.11 Å². The van der Waals surface area contributed by atoms with Crippen molar-refractivity contribution in [3.63, 3.8) is 0 Å². The van der Waals surface area contributed by atoms with Crippen LogP contribution in [0.2, 0.25) is 0 Å². The standard InChI is InChI=1S/C7H10BrNO3S/c8-4-1-6(10)9(2-4)5(3-13)7(11)12/h4-5,13H,1-3H2,(H,11,12). The lowest BCUT2D eigenvalue weighted by Crippen LogP contribution is -2.43. The number of carbonyl (C=O) groups excluding carboxylic acids is 1. The number of carboxylic acids is 1. The molecule has 74 valence electrons. The van der Waals surface area contributed by atoms with Gasteiger partial charge in [0.25, 0.3) is 0 Å². The maximum absolute atomic E-state index is 11.3. The van der Waals surface area contributed by atoms with Gasteiger partial charge in [-0.3, -0.25) is 4.79 Å². The van der Waals surface area contributed by atoms with Gasteiger partial charge in [0, 0.05) is 23.5 Å². The molecule has 6 heteroatoms. The number of halogens is 1. The lowest BCUT2D eigenvalue weighted by molar-refractivity contribution is -0.147. The second-order valence-corrected chi connectivity index (χ2v) is 4.54. The number of carboxylic acid groups (broad SMARTS) is 1. The molecule has 1 fully saturated rings. The smallest absolute Gasteiger partial charge is 0.327 e. The van der Waals surface area contributed by atoms with E-state index >= 15 is 0 Å². The number of amides is 1. The van der Waals surface area contributed by atoms with Gasteiger partial charge in [0.2, 0.25) is 5.91 Å². The fourth-order valence-corrected chi connectivity index (χ4v) is 2.24. The van der Waals surface area contributed by atoms with Gasteiger partial charge in [-0.1, -0.05) is 15.9 Å². The summed E-state index contributed by atoms with van der Waals surface area (Å²) in [6.45, 7) is 0.455. The van der Waals surface area contributed by atoms with E-state index in [9.17, 15) is 9.59 Å². The van der Waals surface area contributed by atoms with Crippen LogP contribution < -0.4 is 0 Å². The molecule has 1 aliphatic rings. The molecule has 1 heterocycles. The summed E-state index contributed by atoms with van der Waals surface area (Å²) in [6.07, 6.45) is 0.373. The molecule has 2 unspecified atom stereocenters. The second-order valence-electron chi connectivity index (χ2n) is 2.88. The Balaban J connectivity index is 2.69. The molecule has 1 amide bonds. The molecule has 1 rings (SSSR count). The first kappa shape index (κ1) is 10.8. The molecule has 0 radical (unpaired) electrons. The normalized spacial score (nSPS) is 24.9. The third kappa shape index (κ3) is 2.37. The van der Waals surface area contributed by atoms with Gasteiger partial charge in [0.05, 0.1) is 0 Å². The van der Waals surface area contributed by atoms with Gasteiger partial charge in [0.1, 0.15) is 6.04 Å². The van der Waals surface area contributed by atoms with Crippen LogP contribution in [0, 0.1) is 0 Å². The van der Waals surface area contributed by atoms with Gasteiger partial charge in [-0.25, -0.2) is 4.79 Å². The third-order valence-corrected chi connectivity index (χ3v) is 2.90. The van der Waals surface area contributed by atoms with Crippen LogP contribution in [0.4, 0.5) is 0 Å². The number of aliphatic carboxylic acids is 1. The Morgan fingerprint density at radius 3 is 2.77 bits per heavy atom. The van der Waals surface area contributed by atoms with E-state index in [2.05, 4.69) is 28.6 Å². The fourth-order valence-electron chi connectivity index (χ4n) is 1.30. The van der Waals surface area contributed by atoms with E-state index in [1.807, 2.05) is 0 Å². The van der Waals surface area contributed by atoms with Crippen molar-refractivity contribution in [1.82, 2.24) is 4.90 Å². The molecule has 0 spiro atoms. The lowest BCUT2D eigenvalue weighted by Gasteiger charge is -2.22. The second kappa shape index (κ2) is 4.32. The molecule has 0 bridgehead atoms. The highest BCUT2D eigenvalue weighted by Crippen LogP contribution is 2.20. The van der Waals surface area contributed by atoms with Gasteiger partial charge < -0.3 is 10.0 Å². The third-order valence-electron chi connectivity index (χ3n) is 1.95. The average molecular weight is 268 g/mol. The maximum atomic E-state index is 11.3. The van der Waals surface area contributed by atoms with Gasteiger partial charge in [-0.2, -0.15) is 12.6 Å². The predicted octanol–water partition coefficient (Wildman–Crippen LogP) is 0.365. The number of nitrogens with zero attached hydrogens (tertiary/aromatic N) is 1. The number of alkyl halides is 1. The van der Waals surface area contributed by atoms with Crippen LogP contribution in [0.1, 0.15) is 6.42 Å². The maximum Gasteiger partial charge on any atom is 0.327 e. The van der Waals surface area contributed by atoms with Gasteiger partial charge in [0.15, 0.2) is 0 Å². The topological polar surface area (TPSA) is 57.6 Å². The minimum atomic E-state index is -0.995. The number of thiol groups is 1. The van der Waals surface area contributed by atoms with E-state index in [-0.39, 0.29) is 16.5 Å². The molecular formula is C7H10BrNO3S. The average Bonchev–Trinajstić information content (AvgIpc) is 2.31. The van der Waals surface area contributed by atoms with E-state index in [0.29, 0.717) is 13.0 Å². The van der Waals surface area contributed by atoms with Crippen molar-refractivity contribution in [1.29, 1.82) is 0 Å². The van der Waals surface area contributed by atoms with Crippen molar-refractivity contribution < 1.29 is 14.7 Å². The van der Waals surface area contributed by atoms with Crippen molar-refractivity contribution in [2.24, 2.45) is 0 Å². The molecule has 0 aromatic heterocycles. The zero-order valence-electron chi connectivity index (χ0n) is 6.81. The summed E-state index contributed by atoms with van der Waals surface area (Å²) in [5.74, 6) is -0.964. The number of likely N-dealkylation sites (tertiary alicyclic amines) is 1. The van der Waals surface area contributed by atoms with E-state index in [1.54, 1.807) is 0 Å².